The molecule has 0 radical (unpaired) electrons. The molecule has 3 aliphatic rings. The lowest BCUT2D eigenvalue weighted by Gasteiger charge is -2.47. The number of sulfone groups is 1. The van der Waals surface area contributed by atoms with Crippen molar-refractivity contribution in [2.24, 2.45) is 0 Å². The largest absolute Gasteiger partial charge is 0.462 e. The first-order valence-corrected chi connectivity index (χ1v) is 12.7. The maximum absolute atomic E-state index is 12.2. The fraction of sp³-hybridized carbons (Fsp3) is 0.522. The van der Waals surface area contributed by atoms with Crippen molar-refractivity contribution >= 4 is 9.84 Å². The van der Waals surface area contributed by atoms with Crippen LogP contribution in [-0.2, 0) is 21.2 Å². The van der Waals surface area contributed by atoms with Crippen molar-refractivity contribution in [1.82, 2.24) is 9.88 Å². The van der Waals surface area contributed by atoms with Gasteiger partial charge in [-0.3, -0.25) is 9.69 Å². The van der Waals surface area contributed by atoms with Crippen LogP contribution in [0.2, 0.25) is 0 Å². The molecule has 166 valence electrons. The lowest BCUT2D eigenvalue weighted by atomic mass is 9.89. The number of piperidine rings is 1. The topological polar surface area (TPSA) is 88.7 Å². The maximum Gasteiger partial charge on any atom is 0.266 e. The van der Waals surface area contributed by atoms with Gasteiger partial charge in [0.2, 0.25) is 5.79 Å². The number of nitrogens with one attached hydrogen (secondary N) is 1. The summed E-state index contributed by atoms with van der Waals surface area (Å²) in [6, 6.07) is 7.96. The van der Waals surface area contributed by atoms with Gasteiger partial charge in [0.1, 0.15) is 10.6 Å². The molecular formula is C23H28N2O5S. The fourth-order valence-corrected chi connectivity index (χ4v) is 5.61. The van der Waals surface area contributed by atoms with Crippen molar-refractivity contribution < 1.29 is 17.9 Å². The Hall–Kier alpha value is -2.16. The summed E-state index contributed by atoms with van der Waals surface area (Å²) < 4.78 is 37.0. The molecule has 8 heteroatoms. The number of nitrogens with zero attached hydrogens (tertiary/aromatic N) is 1. The van der Waals surface area contributed by atoms with Gasteiger partial charge in [0.15, 0.2) is 9.84 Å². The number of rotatable bonds is 4. The van der Waals surface area contributed by atoms with Crippen molar-refractivity contribution in [1.29, 1.82) is 0 Å². The average molecular weight is 445 g/mol. The zero-order valence-corrected chi connectivity index (χ0v) is 18.5. The molecule has 1 saturated heterocycles. The second-order valence-corrected chi connectivity index (χ2v) is 11.0. The molecule has 0 unspecified atom stereocenters. The Kier molecular flexibility index (Phi) is 5.19. The third kappa shape index (κ3) is 3.81. The van der Waals surface area contributed by atoms with Gasteiger partial charge >= 0.3 is 0 Å². The highest BCUT2D eigenvalue weighted by atomic mass is 32.2. The quantitative estimate of drug-likeness (QED) is 0.780. The number of aromatic nitrogens is 1. The number of pyridine rings is 1. The zero-order valence-electron chi connectivity index (χ0n) is 17.7. The summed E-state index contributed by atoms with van der Waals surface area (Å²) in [7, 11) is -3.60. The van der Waals surface area contributed by atoms with Crippen LogP contribution in [0.1, 0.15) is 44.6 Å². The minimum atomic E-state index is -3.60. The van der Waals surface area contributed by atoms with Gasteiger partial charge in [-0.15, -0.1) is 0 Å². The zero-order chi connectivity index (χ0) is 21.6. The first-order valence-electron chi connectivity index (χ1n) is 11.0. The molecule has 1 spiro atoms. The summed E-state index contributed by atoms with van der Waals surface area (Å²) in [6.45, 7) is 3.99. The predicted octanol–water partition coefficient (Wildman–Crippen LogP) is 3.09. The van der Waals surface area contributed by atoms with E-state index in [1.807, 2.05) is 18.2 Å². The van der Waals surface area contributed by atoms with E-state index < -0.39 is 21.2 Å². The molecule has 1 saturated carbocycles. The van der Waals surface area contributed by atoms with Crippen LogP contribution in [0.15, 0.2) is 40.2 Å². The molecule has 2 fully saturated rings. The Balaban J connectivity index is 1.36. The summed E-state index contributed by atoms with van der Waals surface area (Å²) in [5, 5.41) is 0. The lowest BCUT2D eigenvalue weighted by molar-refractivity contribution is -0.231. The first kappa shape index (κ1) is 20.7. The number of likely N-dealkylation sites (tertiary alicyclic amines) is 1. The summed E-state index contributed by atoms with van der Waals surface area (Å²) >= 11 is 0. The molecule has 31 heavy (non-hydrogen) atoms. The molecule has 1 aromatic heterocycles. The van der Waals surface area contributed by atoms with E-state index in [2.05, 4.69) is 9.88 Å². The highest BCUT2D eigenvalue weighted by molar-refractivity contribution is 7.91. The van der Waals surface area contributed by atoms with Gasteiger partial charge in [-0.2, -0.15) is 0 Å². The van der Waals surface area contributed by atoms with E-state index in [4.69, 9.17) is 9.47 Å². The number of hydrogen-bond acceptors (Lipinski definition) is 6. The van der Waals surface area contributed by atoms with Crippen LogP contribution in [0.5, 0.6) is 5.75 Å². The van der Waals surface area contributed by atoms with Gasteiger partial charge < -0.3 is 14.5 Å². The summed E-state index contributed by atoms with van der Waals surface area (Å²) in [5.74, 6) is 0.152. The molecule has 3 heterocycles. The predicted molar refractivity (Wildman–Crippen MR) is 117 cm³/mol. The van der Waals surface area contributed by atoms with Gasteiger partial charge in [-0.25, -0.2) is 8.42 Å². The van der Waals surface area contributed by atoms with Gasteiger partial charge in [-0.1, -0.05) is 19.4 Å². The summed E-state index contributed by atoms with van der Waals surface area (Å²) in [4.78, 5) is 16.9. The Morgan fingerprint density at radius 3 is 2.61 bits per heavy atom. The van der Waals surface area contributed by atoms with E-state index in [-0.39, 0.29) is 10.6 Å². The number of benzene rings is 1. The number of aromatic amines is 1. The van der Waals surface area contributed by atoms with E-state index in [0.29, 0.717) is 12.2 Å². The van der Waals surface area contributed by atoms with E-state index in [0.717, 1.165) is 48.8 Å². The van der Waals surface area contributed by atoms with Crippen LogP contribution in [0.3, 0.4) is 0 Å². The molecule has 0 amide bonds. The third-order valence-electron chi connectivity index (χ3n) is 6.92. The molecule has 7 nitrogen and oxygen atoms in total. The lowest BCUT2D eigenvalue weighted by Crippen LogP contribution is -2.54. The second kappa shape index (κ2) is 7.76. The molecule has 1 aromatic carbocycles. The number of fused-ring (bicyclic) bond motifs is 1. The van der Waals surface area contributed by atoms with Gasteiger partial charge in [-0.05, 0) is 42.2 Å². The number of hydrogen-bond donors (Lipinski definition) is 1. The smallest absolute Gasteiger partial charge is 0.266 e. The Bertz CT molecular complexity index is 1140. The summed E-state index contributed by atoms with van der Waals surface area (Å²) in [5.41, 5.74) is 1.79. The SMILES string of the molecule is CCS(=O)(=O)c1cc(-c2ccc3c(c2)COC2(CCN(C4CCC4)CC2)O3)c[nH]c1=O. The second-order valence-electron chi connectivity index (χ2n) is 8.73. The van der Waals surface area contributed by atoms with Crippen LogP contribution in [-0.4, -0.2) is 49.0 Å². The van der Waals surface area contributed by atoms with Gasteiger partial charge in [0, 0.05) is 43.7 Å². The van der Waals surface area contributed by atoms with E-state index in [1.165, 1.54) is 32.3 Å². The average Bonchev–Trinajstić information content (AvgIpc) is 2.74. The van der Waals surface area contributed by atoms with Crippen molar-refractivity contribution in [3.05, 3.63) is 46.4 Å². The minimum Gasteiger partial charge on any atom is -0.462 e. The van der Waals surface area contributed by atoms with Crippen LogP contribution in [0.4, 0.5) is 0 Å². The van der Waals surface area contributed by atoms with Gasteiger partial charge in [0.25, 0.3) is 5.56 Å². The van der Waals surface area contributed by atoms with E-state index in [9.17, 15) is 13.2 Å². The summed E-state index contributed by atoms with van der Waals surface area (Å²) in [6.07, 6.45) is 7.24. The first-order chi connectivity index (χ1) is 14.9. The van der Waals surface area contributed by atoms with Crippen LogP contribution in [0, 0.1) is 0 Å². The van der Waals surface area contributed by atoms with Crippen LogP contribution < -0.4 is 10.3 Å². The van der Waals surface area contributed by atoms with E-state index >= 15 is 0 Å². The molecule has 5 rings (SSSR count). The molecule has 2 aliphatic heterocycles. The standard InChI is InChI=1S/C23H28N2O5S/c1-2-31(27,28)21-13-17(14-24-22(21)26)16-6-7-20-18(12-16)15-29-23(30-20)8-10-25(11-9-23)19-4-3-5-19/h6-7,12-14,19H,2-5,8-11,15H2,1H3,(H,24,26). The van der Waals surface area contributed by atoms with Crippen molar-refractivity contribution in [3.8, 4) is 16.9 Å². The third-order valence-corrected chi connectivity index (χ3v) is 8.65. The molecular weight excluding hydrogens is 416 g/mol. The molecule has 0 bridgehead atoms. The fourth-order valence-electron chi connectivity index (χ4n) is 4.65. The van der Waals surface area contributed by atoms with Crippen molar-refractivity contribution in [2.45, 2.75) is 62.4 Å². The normalized spacial score (nSPS) is 21.3. The number of ether oxygens (including phenoxy) is 2. The van der Waals surface area contributed by atoms with Crippen molar-refractivity contribution in [2.75, 3.05) is 18.8 Å². The highest BCUT2D eigenvalue weighted by Crippen LogP contribution is 2.40. The monoisotopic (exact) mass is 444 g/mol. The highest BCUT2D eigenvalue weighted by Gasteiger charge is 2.42. The molecule has 1 aliphatic carbocycles. The van der Waals surface area contributed by atoms with Crippen LogP contribution >= 0.6 is 0 Å². The number of H-pyrrole nitrogens is 1. The minimum absolute atomic E-state index is 0.119. The van der Waals surface area contributed by atoms with Crippen LogP contribution in [0.25, 0.3) is 11.1 Å². The van der Waals surface area contributed by atoms with E-state index in [1.54, 1.807) is 6.20 Å². The van der Waals surface area contributed by atoms with Crippen molar-refractivity contribution in [3.63, 3.8) is 0 Å². The molecule has 0 atom stereocenters. The molecule has 1 N–H and O–H groups in total. The Labute approximate surface area is 182 Å². The maximum atomic E-state index is 12.2. The van der Waals surface area contributed by atoms with Gasteiger partial charge in [0.05, 0.1) is 12.4 Å². The Morgan fingerprint density at radius 1 is 1.16 bits per heavy atom. The molecule has 2 aromatic rings. The Morgan fingerprint density at radius 2 is 1.94 bits per heavy atom.